The molecule has 32 heavy (non-hydrogen) atoms. The number of benzene rings is 3. The first kappa shape index (κ1) is 19.5. The highest BCUT2D eigenvalue weighted by Gasteiger charge is 2.54. The van der Waals surface area contributed by atoms with Gasteiger partial charge < -0.3 is 4.74 Å². The van der Waals surface area contributed by atoms with Gasteiger partial charge in [-0.1, -0.05) is 72.8 Å². The summed E-state index contributed by atoms with van der Waals surface area (Å²) < 4.78 is 5.38. The second kappa shape index (κ2) is 7.77. The fraction of sp³-hybridized carbons (Fsp3) is 0.357. The second-order valence-electron chi connectivity index (χ2n) is 9.62. The zero-order chi connectivity index (χ0) is 21.7. The number of hydrogen-bond acceptors (Lipinski definition) is 3. The van der Waals surface area contributed by atoms with Crippen LogP contribution in [0.4, 0.5) is 4.79 Å². The van der Waals surface area contributed by atoms with E-state index in [2.05, 4.69) is 42.5 Å². The smallest absolute Gasteiger partial charge is 0.416 e. The monoisotopic (exact) mass is 425 g/mol. The molecule has 0 aromatic heterocycles. The summed E-state index contributed by atoms with van der Waals surface area (Å²) in [7, 11) is 0. The highest BCUT2D eigenvalue weighted by Crippen LogP contribution is 2.57. The molecule has 3 aromatic rings. The highest BCUT2D eigenvalue weighted by atomic mass is 16.6. The Bertz CT molecular complexity index is 1170. The van der Waals surface area contributed by atoms with Gasteiger partial charge in [0.1, 0.15) is 6.61 Å². The van der Waals surface area contributed by atoms with Gasteiger partial charge in [-0.25, -0.2) is 9.69 Å². The van der Waals surface area contributed by atoms with Crippen LogP contribution in [-0.4, -0.2) is 29.5 Å². The van der Waals surface area contributed by atoms with Crippen LogP contribution in [0.25, 0.3) is 10.8 Å². The lowest BCUT2D eigenvalue weighted by molar-refractivity contribution is -0.135. The normalized spacial score (nSPS) is 28.9. The number of carbonyl (C=O) groups excluding carboxylic acids is 2. The molecule has 0 N–H and O–H groups in total. The zero-order valence-electron chi connectivity index (χ0n) is 18.0. The first-order valence-electron chi connectivity index (χ1n) is 11.7. The lowest BCUT2D eigenvalue weighted by Crippen LogP contribution is -2.46. The molecule has 0 spiro atoms. The number of rotatable bonds is 4. The van der Waals surface area contributed by atoms with Crippen LogP contribution in [0.15, 0.2) is 72.8 Å². The van der Waals surface area contributed by atoms with Crippen LogP contribution in [-0.2, 0) is 16.0 Å². The van der Waals surface area contributed by atoms with E-state index in [1.165, 1.54) is 27.7 Å². The Morgan fingerprint density at radius 1 is 0.906 bits per heavy atom. The molecule has 0 radical (unpaired) electrons. The van der Waals surface area contributed by atoms with E-state index in [0.717, 1.165) is 18.4 Å². The topological polar surface area (TPSA) is 46.6 Å². The molecule has 162 valence electrons. The van der Waals surface area contributed by atoms with Crippen molar-refractivity contribution in [1.82, 2.24) is 4.90 Å². The van der Waals surface area contributed by atoms with Crippen molar-refractivity contribution in [2.24, 2.45) is 17.8 Å². The summed E-state index contributed by atoms with van der Waals surface area (Å²) in [6.45, 7) is 0.279. The Morgan fingerprint density at radius 3 is 2.50 bits per heavy atom. The summed E-state index contributed by atoms with van der Waals surface area (Å²) in [5.74, 6) is 0.880. The van der Waals surface area contributed by atoms with E-state index in [1.54, 1.807) is 0 Å². The Hall–Kier alpha value is -3.14. The maximum absolute atomic E-state index is 13.9. The van der Waals surface area contributed by atoms with Crippen LogP contribution in [0.3, 0.4) is 0 Å². The third-order valence-electron chi connectivity index (χ3n) is 7.87. The number of cyclic esters (lactones) is 1. The van der Waals surface area contributed by atoms with Crippen LogP contribution in [0, 0.1) is 17.8 Å². The van der Waals surface area contributed by atoms with E-state index in [-0.39, 0.29) is 30.4 Å². The maximum Gasteiger partial charge on any atom is 0.416 e. The molecular formula is C28H27NO3. The summed E-state index contributed by atoms with van der Waals surface area (Å²) in [6.07, 6.45) is 3.50. The number of nitrogens with zero attached hydrogens (tertiary/aromatic N) is 1. The van der Waals surface area contributed by atoms with E-state index < -0.39 is 6.09 Å². The molecule has 2 bridgehead atoms. The van der Waals surface area contributed by atoms with Crippen molar-refractivity contribution in [3.63, 3.8) is 0 Å². The summed E-state index contributed by atoms with van der Waals surface area (Å²) in [4.78, 5) is 28.1. The predicted molar refractivity (Wildman–Crippen MR) is 123 cm³/mol. The molecule has 5 atom stereocenters. The fourth-order valence-electron chi connectivity index (χ4n) is 6.47. The van der Waals surface area contributed by atoms with Gasteiger partial charge in [0.25, 0.3) is 0 Å². The van der Waals surface area contributed by atoms with Crippen molar-refractivity contribution in [1.29, 1.82) is 0 Å². The molecule has 6 rings (SSSR count). The van der Waals surface area contributed by atoms with Crippen LogP contribution in [0.1, 0.15) is 36.3 Å². The molecular weight excluding hydrogens is 398 g/mol. The molecule has 2 amide bonds. The number of hydrogen-bond donors (Lipinski definition) is 0. The molecule has 1 aliphatic heterocycles. The van der Waals surface area contributed by atoms with Gasteiger partial charge >= 0.3 is 6.09 Å². The maximum atomic E-state index is 13.9. The SMILES string of the molecule is O=C1OC[C@@H](Cc2ccccc2)N1C(=O)C1C(c2ccc3ccccc3c2)[C@H]2CC[C@H]1C2. The Labute approximate surface area is 188 Å². The van der Waals surface area contributed by atoms with Gasteiger partial charge in [0.15, 0.2) is 0 Å². The van der Waals surface area contributed by atoms with Gasteiger partial charge in [-0.3, -0.25) is 4.79 Å². The van der Waals surface area contributed by atoms with E-state index in [9.17, 15) is 9.59 Å². The molecule has 2 aliphatic carbocycles. The third kappa shape index (κ3) is 3.21. The van der Waals surface area contributed by atoms with Crippen LogP contribution in [0.2, 0.25) is 0 Å². The van der Waals surface area contributed by atoms with Gasteiger partial charge in [0.05, 0.1) is 6.04 Å². The minimum absolute atomic E-state index is 0.0289. The number of ether oxygens (including phenoxy) is 1. The van der Waals surface area contributed by atoms with Crippen molar-refractivity contribution in [3.8, 4) is 0 Å². The van der Waals surface area contributed by atoms with Crippen LogP contribution in [0.5, 0.6) is 0 Å². The van der Waals surface area contributed by atoms with Gasteiger partial charge in [-0.05, 0) is 65.3 Å². The molecule has 3 fully saturated rings. The van der Waals surface area contributed by atoms with Gasteiger partial charge in [0.2, 0.25) is 5.91 Å². The van der Waals surface area contributed by atoms with Crippen molar-refractivity contribution >= 4 is 22.8 Å². The average Bonchev–Trinajstić information content (AvgIpc) is 3.54. The Kier molecular flexibility index (Phi) is 4.74. The Morgan fingerprint density at radius 2 is 1.66 bits per heavy atom. The first-order valence-corrected chi connectivity index (χ1v) is 11.7. The van der Waals surface area contributed by atoms with Crippen molar-refractivity contribution < 1.29 is 14.3 Å². The molecule has 2 unspecified atom stereocenters. The number of carbonyl (C=O) groups is 2. The highest BCUT2D eigenvalue weighted by molar-refractivity contribution is 5.96. The molecule has 4 nitrogen and oxygen atoms in total. The molecule has 2 saturated carbocycles. The van der Waals surface area contributed by atoms with E-state index >= 15 is 0 Å². The zero-order valence-corrected chi connectivity index (χ0v) is 18.0. The molecule has 1 heterocycles. The molecule has 3 aromatic carbocycles. The minimum Gasteiger partial charge on any atom is -0.447 e. The largest absolute Gasteiger partial charge is 0.447 e. The van der Waals surface area contributed by atoms with E-state index in [0.29, 0.717) is 18.3 Å². The average molecular weight is 426 g/mol. The lowest BCUT2D eigenvalue weighted by Gasteiger charge is -2.33. The van der Waals surface area contributed by atoms with Crippen molar-refractivity contribution in [3.05, 3.63) is 83.9 Å². The minimum atomic E-state index is -0.476. The Balaban J connectivity index is 1.32. The quantitative estimate of drug-likeness (QED) is 0.550. The summed E-state index contributed by atoms with van der Waals surface area (Å²) >= 11 is 0. The lowest BCUT2D eigenvalue weighted by atomic mass is 9.74. The first-order chi connectivity index (χ1) is 15.7. The van der Waals surface area contributed by atoms with Crippen molar-refractivity contribution in [2.45, 2.75) is 37.6 Å². The van der Waals surface area contributed by atoms with Crippen molar-refractivity contribution in [2.75, 3.05) is 6.61 Å². The number of fused-ring (bicyclic) bond motifs is 3. The summed E-state index contributed by atoms with van der Waals surface area (Å²) in [5.41, 5.74) is 2.36. The fourth-order valence-corrected chi connectivity index (χ4v) is 6.47. The van der Waals surface area contributed by atoms with E-state index in [1.807, 2.05) is 30.3 Å². The molecule has 3 aliphatic rings. The molecule has 4 heteroatoms. The third-order valence-corrected chi connectivity index (χ3v) is 7.87. The molecule has 1 saturated heterocycles. The van der Waals surface area contributed by atoms with Crippen LogP contribution >= 0.6 is 0 Å². The van der Waals surface area contributed by atoms with Gasteiger partial charge in [-0.2, -0.15) is 0 Å². The predicted octanol–water partition coefficient (Wildman–Crippen LogP) is 5.56. The van der Waals surface area contributed by atoms with Gasteiger partial charge in [-0.15, -0.1) is 0 Å². The van der Waals surface area contributed by atoms with Gasteiger partial charge in [0, 0.05) is 5.92 Å². The van der Waals surface area contributed by atoms with E-state index in [4.69, 9.17) is 4.74 Å². The summed E-state index contributed by atoms with van der Waals surface area (Å²) in [6, 6.07) is 24.8. The standard InChI is InChI=1S/C28H27NO3/c30-27(29-24(17-32-28(29)31)14-18-6-2-1-3-7-18)26-23-13-12-22(16-23)25(26)21-11-10-19-8-4-5-9-20(19)15-21/h1-11,15,22-26H,12-14,16-17H2/t22-,23-,24+,25?,26?/m0/s1. The summed E-state index contributed by atoms with van der Waals surface area (Å²) in [5, 5.41) is 2.43. The van der Waals surface area contributed by atoms with Crippen LogP contribution < -0.4 is 0 Å². The number of amides is 2. The second-order valence-corrected chi connectivity index (χ2v) is 9.62. The number of imide groups is 1.